The molecule has 0 spiro atoms. The maximum absolute atomic E-state index is 11.4. The minimum absolute atomic E-state index is 0.399. The molecule has 0 unspecified atom stereocenters. The lowest BCUT2D eigenvalue weighted by Crippen LogP contribution is -2.40. The van der Waals surface area contributed by atoms with Gasteiger partial charge in [0.15, 0.2) is 0 Å². The number of carbonyl (C=O) groups is 1. The van der Waals surface area contributed by atoms with Crippen molar-refractivity contribution >= 4 is 22.6 Å². The van der Waals surface area contributed by atoms with E-state index in [1.54, 1.807) is 36.9 Å². The van der Waals surface area contributed by atoms with Crippen molar-refractivity contribution in [2.45, 2.75) is 19.4 Å². The summed E-state index contributed by atoms with van der Waals surface area (Å²) in [4.78, 5) is 15.6. The van der Waals surface area contributed by atoms with E-state index in [9.17, 15) is 4.79 Å². The molecule has 0 fully saturated rings. The number of nitrogens with zero attached hydrogens (tertiary/aromatic N) is 2. The number of nitrogens with two attached hydrogens (primary N) is 2. The Morgan fingerprint density at radius 2 is 2.12 bits per heavy atom. The predicted octanol–water partition coefficient (Wildman–Crippen LogP) is 0.839. The van der Waals surface area contributed by atoms with Crippen LogP contribution < -0.4 is 11.5 Å². The minimum atomic E-state index is -0.801. The molecule has 0 aliphatic heterocycles. The number of imidazole rings is 1. The van der Waals surface area contributed by atoms with Gasteiger partial charge in [-0.3, -0.25) is 4.79 Å². The van der Waals surface area contributed by atoms with E-state index < -0.39 is 11.4 Å². The second-order valence-electron chi connectivity index (χ2n) is 4.29. The van der Waals surface area contributed by atoms with Gasteiger partial charge in [0.05, 0.1) is 17.4 Å². The molecule has 2 rings (SSSR count). The monoisotopic (exact) mass is 218 g/mol. The van der Waals surface area contributed by atoms with Crippen LogP contribution in [-0.4, -0.2) is 15.5 Å². The van der Waals surface area contributed by atoms with E-state index in [-0.39, 0.29) is 0 Å². The van der Waals surface area contributed by atoms with E-state index in [1.165, 1.54) is 0 Å². The summed E-state index contributed by atoms with van der Waals surface area (Å²) in [6, 6.07) is 5.38. The van der Waals surface area contributed by atoms with Crippen LogP contribution in [0.3, 0.4) is 0 Å². The van der Waals surface area contributed by atoms with Crippen molar-refractivity contribution in [3.8, 4) is 0 Å². The molecule has 0 radical (unpaired) electrons. The van der Waals surface area contributed by atoms with Crippen LogP contribution in [0, 0.1) is 0 Å². The number of anilines is 1. The van der Waals surface area contributed by atoms with Gasteiger partial charge < -0.3 is 16.0 Å². The van der Waals surface area contributed by atoms with Gasteiger partial charge >= 0.3 is 0 Å². The highest BCUT2D eigenvalue weighted by Crippen LogP contribution is 2.23. The lowest BCUT2D eigenvalue weighted by Gasteiger charge is -2.23. The number of amides is 1. The summed E-state index contributed by atoms with van der Waals surface area (Å²) in [6.07, 6.45) is 1.61. The first kappa shape index (κ1) is 10.5. The molecule has 5 nitrogen and oxygen atoms in total. The number of carbonyl (C=O) groups excluding carboxylic acids is 1. The molecule has 16 heavy (non-hydrogen) atoms. The third-order valence-corrected chi connectivity index (χ3v) is 2.78. The smallest absolute Gasteiger partial charge is 0.243 e. The summed E-state index contributed by atoms with van der Waals surface area (Å²) in [5.74, 6) is -0.399. The Balaban J connectivity index is 2.67. The van der Waals surface area contributed by atoms with Gasteiger partial charge in [0.2, 0.25) is 5.91 Å². The number of aromatic nitrogens is 2. The minimum Gasteiger partial charge on any atom is -0.399 e. The zero-order valence-electron chi connectivity index (χ0n) is 9.27. The highest BCUT2D eigenvalue weighted by molar-refractivity contribution is 5.86. The van der Waals surface area contributed by atoms with Crippen molar-refractivity contribution in [3.05, 3.63) is 24.5 Å². The van der Waals surface area contributed by atoms with Crippen molar-refractivity contribution < 1.29 is 4.79 Å². The molecule has 0 saturated carbocycles. The Morgan fingerprint density at radius 1 is 1.44 bits per heavy atom. The maximum atomic E-state index is 11.4. The molecule has 0 aliphatic carbocycles. The molecular formula is C11H14N4O. The fourth-order valence-electron chi connectivity index (χ4n) is 1.59. The molecule has 1 aromatic carbocycles. The number of rotatable bonds is 2. The van der Waals surface area contributed by atoms with Gasteiger partial charge in [-0.25, -0.2) is 4.98 Å². The van der Waals surface area contributed by atoms with Crippen molar-refractivity contribution in [2.75, 3.05) is 5.73 Å². The molecule has 5 heteroatoms. The molecule has 4 N–H and O–H groups in total. The Bertz CT molecular complexity index is 556. The summed E-state index contributed by atoms with van der Waals surface area (Å²) in [7, 11) is 0. The van der Waals surface area contributed by atoms with Crippen LogP contribution in [0.25, 0.3) is 11.0 Å². The zero-order chi connectivity index (χ0) is 11.9. The van der Waals surface area contributed by atoms with Gasteiger partial charge in [-0.05, 0) is 32.0 Å². The van der Waals surface area contributed by atoms with Gasteiger partial charge in [0.1, 0.15) is 5.54 Å². The SMILES string of the molecule is CC(C)(C(N)=O)n1cnc2cc(N)ccc21. The third kappa shape index (κ3) is 1.41. The molecule has 1 amide bonds. The summed E-state index contributed by atoms with van der Waals surface area (Å²) in [5.41, 5.74) is 12.5. The first-order valence-electron chi connectivity index (χ1n) is 4.96. The van der Waals surface area contributed by atoms with Gasteiger partial charge in [0, 0.05) is 5.69 Å². The number of benzene rings is 1. The molecule has 0 atom stereocenters. The van der Waals surface area contributed by atoms with Crippen molar-refractivity contribution in [2.24, 2.45) is 5.73 Å². The number of primary amides is 1. The number of fused-ring (bicyclic) bond motifs is 1. The summed E-state index contributed by atoms with van der Waals surface area (Å²) in [6.45, 7) is 3.51. The second-order valence-corrected chi connectivity index (χ2v) is 4.29. The molecule has 1 aromatic heterocycles. The van der Waals surface area contributed by atoms with Crippen LogP contribution in [0.2, 0.25) is 0 Å². The quantitative estimate of drug-likeness (QED) is 0.732. The third-order valence-electron chi connectivity index (χ3n) is 2.78. The maximum Gasteiger partial charge on any atom is 0.243 e. The molecule has 0 aliphatic rings. The van der Waals surface area contributed by atoms with Crippen LogP contribution in [-0.2, 0) is 10.3 Å². The zero-order valence-corrected chi connectivity index (χ0v) is 9.27. The van der Waals surface area contributed by atoms with Crippen LogP contribution in [0.15, 0.2) is 24.5 Å². The van der Waals surface area contributed by atoms with Crippen LogP contribution in [0.1, 0.15) is 13.8 Å². The van der Waals surface area contributed by atoms with Crippen molar-refractivity contribution in [3.63, 3.8) is 0 Å². The Hall–Kier alpha value is -2.04. The lowest BCUT2D eigenvalue weighted by atomic mass is 10.0. The largest absolute Gasteiger partial charge is 0.399 e. The average molecular weight is 218 g/mol. The number of nitrogen functional groups attached to an aromatic ring is 1. The van der Waals surface area contributed by atoms with Crippen molar-refractivity contribution in [1.29, 1.82) is 0 Å². The summed E-state index contributed by atoms with van der Waals surface area (Å²) in [5, 5.41) is 0. The Kier molecular flexibility index (Phi) is 2.11. The Morgan fingerprint density at radius 3 is 2.75 bits per heavy atom. The molecule has 0 saturated heterocycles. The van der Waals surface area contributed by atoms with Gasteiger partial charge in [-0.15, -0.1) is 0 Å². The normalized spacial score (nSPS) is 11.9. The van der Waals surface area contributed by atoms with E-state index in [0.717, 1.165) is 11.0 Å². The molecule has 84 valence electrons. The van der Waals surface area contributed by atoms with E-state index in [4.69, 9.17) is 11.5 Å². The average Bonchev–Trinajstić information content (AvgIpc) is 2.60. The predicted molar refractivity (Wildman–Crippen MR) is 62.7 cm³/mol. The molecular weight excluding hydrogens is 204 g/mol. The van der Waals surface area contributed by atoms with Gasteiger partial charge in [0.25, 0.3) is 0 Å². The summed E-state index contributed by atoms with van der Waals surface area (Å²) >= 11 is 0. The highest BCUT2D eigenvalue weighted by Gasteiger charge is 2.28. The van der Waals surface area contributed by atoms with E-state index in [0.29, 0.717) is 5.69 Å². The second kappa shape index (κ2) is 3.23. The first-order valence-corrected chi connectivity index (χ1v) is 4.96. The fraction of sp³-hybridized carbons (Fsp3) is 0.273. The van der Waals surface area contributed by atoms with Crippen molar-refractivity contribution in [1.82, 2.24) is 9.55 Å². The van der Waals surface area contributed by atoms with Crippen LogP contribution in [0.4, 0.5) is 5.69 Å². The number of hydrogen-bond donors (Lipinski definition) is 2. The molecule has 1 heterocycles. The fourth-order valence-corrected chi connectivity index (χ4v) is 1.59. The topological polar surface area (TPSA) is 86.9 Å². The lowest BCUT2D eigenvalue weighted by molar-refractivity contribution is -0.124. The van der Waals surface area contributed by atoms with Crippen LogP contribution >= 0.6 is 0 Å². The standard InChI is InChI=1S/C11H14N4O/c1-11(2,10(13)16)15-6-14-8-5-7(12)3-4-9(8)15/h3-6H,12H2,1-2H3,(H2,13,16). The van der Waals surface area contributed by atoms with Crippen LogP contribution in [0.5, 0.6) is 0 Å². The first-order chi connectivity index (χ1) is 7.43. The summed E-state index contributed by atoms with van der Waals surface area (Å²) < 4.78 is 1.75. The number of hydrogen-bond acceptors (Lipinski definition) is 3. The van der Waals surface area contributed by atoms with E-state index in [1.807, 2.05) is 6.07 Å². The van der Waals surface area contributed by atoms with Gasteiger partial charge in [-0.2, -0.15) is 0 Å². The van der Waals surface area contributed by atoms with Gasteiger partial charge in [-0.1, -0.05) is 0 Å². The highest BCUT2D eigenvalue weighted by atomic mass is 16.1. The van der Waals surface area contributed by atoms with E-state index >= 15 is 0 Å². The Labute approximate surface area is 93.1 Å². The molecule has 2 aromatic rings. The molecule has 0 bridgehead atoms. The van der Waals surface area contributed by atoms with E-state index in [2.05, 4.69) is 4.98 Å².